The van der Waals surface area contributed by atoms with Crippen molar-refractivity contribution < 1.29 is 19.1 Å². The van der Waals surface area contributed by atoms with Gasteiger partial charge in [0, 0.05) is 25.5 Å². The Hall–Kier alpha value is -4.26. The van der Waals surface area contributed by atoms with E-state index in [1.54, 1.807) is 31.4 Å². The quantitative estimate of drug-likeness (QED) is 0.489. The molecular formula is C27H27N3O4. The first-order valence-corrected chi connectivity index (χ1v) is 10.9. The van der Waals surface area contributed by atoms with Crippen molar-refractivity contribution in [2.75, 3.05) is 44.6 Å². The number of methoxy groups -OCH3 is 1. The largest absolute Gasteiger partial charge is 0.497 e. The number of imide groups is 1. The molecule has 34 heavy (non-hydrogen) atoms. The van der Waals surface area contributed by atoms with Crippen LogP contribution in [0.15, 0.2) is 84.6 Å². The summed E-state index contributed by atoms with van der Waals surface area (Å²) in [7, 11) is 5.52. The van der Waals surface area contributed by atoms with Crippen molar-refractivity contribution in [2.24, 2.45) is 0 Å². The number of nitrogens with zero attached hydrogens (tertiary/aromatic N) is 2. The molecule has 0 aromatic heterocycles. The molecule has 7 nitrogen and oxygen atoms in total. The summed E-state index contributed by atoms with van der Waals surface area (Å²) >= 11 is 0. The second kappa shape index (κ2) is 10.1. The Kier molecular flexibility index (Phi) is 6.82. The highest BCUT2D eigenvalue weighted by Crippen LogP contribution is 2.31. The van der Waals surface area contributed by atoms with Gasteiger partial charge >= 0.3 is 0 Å². The Bertz CT molecular complexity index is 1190. The molecular weight excluding hydrogens is 430 g/mol. The lowest BCUT2D eigenvalue weighted by Crippen LogP contribution is -2.36. The van der Waals surface area contributed by atoms with E-state index in [2.05, 4.69) is 5.32 Å². The van der Waals surface area contributed by atoms with Crippen LogP contribution in [-0.2, 0) is 9.59 Å². The van der Waals surface area contributed by atoms with Gasteiger partial charge in [0.05, 0.1) is 19.2 Å². The summed E-state index contributed by atoms with van der Waals surface area (Å²) < 4.78 is 10.9. The highest BCUT2D eigenvalue weighted by Gasteiger charge is 2.39. The molecule has 0 bridgehead atoms. The van der Waals surface area contributed by atoms with E-state index in [0.29, 0.717) is 16.9 Å². The Balaban J connectivity index is 1.53. The number of rotatable bonds is 9. The van der Waals surface area contributed by atoms with Crippen molar-refractivity contribution in [1.29, 1.82) is 0 Å². The van der Waals surface area contributed by atoms with Crippen molar-refractivity contribution in [2.45, 2.75) is 0 Å². The number of carbonyl (C=O) groups is 2. The third-order valence-electron chi connectivity index (χ3n) is 5.53. The highest BCUT2D eigenvalue weighted by molar-refractivity contribution is 6.36. The number of hydrogen-bond acceptors (Lipinski definition) is 6. The molecule has 1 heterocycles. The number of carbonyl (C=O) groups excluding carboxylic acids is 2. The molecule has 1 aliphatic heterocycles. The summed E-state index contributed by atoms with van der Waals surface area (Å²) in [6.45, 7) is 0.307. The van der Waals surface area contributed by atoms with Crippen LogP contribution in [0.5, 0.6) is 11.5 Å². The molecule has 0 fully saturated rings. The second-order valence-corrected chi connectivity index (χ2v) is 7.97. The van der Waals surface area contributed by atoms with E-state index in [1.807, 2.05) is 73.6 Å². The van der Waals surface area contributed by atoms with Gasteiger partial charge in [0.2, 0.25) is 0 Å². The molecule has 3 aromatic carbocycles. The summed E-state index contributed by atoms with van der Waals surface area (Å²) in [5, 5.41) is 3.18. The molecule has 1 aliphatic rings. The van der Waals surface area contributed by atoms with Crippen LogP contribution in [0.1, 0.15) is 5.56 Å². The van der Waals surface area contributed by atoms with Crippen LogP contribution in [0.2, 0.25) is 0 Å². The van der Waals surface area contributed by atoms with Crippen LogP contribution < -0.4 is 19.7 Å². The van der Waals surface area contributed by atoms with Crippen LogP contribution >= 0.6 is 0 Å². The van der Waals surface area contributed by atoms with Gasteiger partial charge < -0.3 is 19.7 Å². The summed E-state index contributed by atoms with van der Waals surface area (Å²) in [5.41, 5.74) is 3.07. The Morgan fingerprint density at radius 2 is 1.47 bits per heavy atom. The normalized spacial score (nSPS) is 13.3. The second-order valence-electron chi connectivity index (χ2n) is 7.97. The first-order chi connectivity index (χ1) is 16.5. The predicted octanol–water partition coefficient (Wildman–Crippen LogP) is 4.03. The molecule has 2 amide bonds. The lowest BCUT2D eigenvalue weighted by Gasteiger charge is -2.16. The topological polar surface area (TPSA) is 71.1 Å². The summed E-state index contributed by atoms with van der Waals surface area (Å²) in [5.74, 6) is 0.638. The van der Waals surface area contributed by atoms with E-state index in [4.69, 9.17) is 9.47 Å². The number of ether oxygens (including phenoxy) is 2. The molecule has 0 saturated carbocycles. The molecule has 0 spiro atoms. The number of amides is 2. The van der Waals surface area contributed by atoms with Crippen LogP contribution in [0.25, 0.3) is 5.57 Å². The number of hydrogen-bond donors (Lipinski definition) is 1. The first-order valence-electron chi connectivity index (χ1n) is 10.9. The monoisotopic (exact) mass is 457 g/mol. The lowest BCUT2D eigenvalue weighted by atomic mass is 10.0. The maximum absolute atomic E-state index is 13.3. The van der Waals surface area contributed by atoms with Crippen molar-refractivity contribution in [3.05, 3.63) is 90.1 Å². The van der Waals surface area contributed by atoms with Crippen LogP contribution in [-0.4, -0.2) is 51.1 Å². The van der Waals surface area contributed by atoms with Gasteiger partial charge in [-0.1, -0.05) is 30.3 Å². The Labute approximate surface area is 199 Å². The molecule has 0 atom stereocenters. The number of benzene rings is 3. The van der Waals surface area contributed by atoms with Gasteiger partial charge in [0.1, 0.15) is 23.8 Å². The fourth-order valence-corrected chi connectivity index (χ4v) is 3.68. The van der Waals surface area contributed by atoms with E-state index < -0.39 is 0 Å². The van der Waals surface area contributed by atoms with E-state index in [9.17, 15) is 9.59 Å². The van der Waals surface area contributed by atoms with Crippen molar-refractivity contribution >= 4 is 28.8 Å². The molecule has 174 valence electrons. The molecule has 0 saturated heterocycles. The van der Waals surface area contributed by atoms with Gasteiger partial charge in [-0.25, -0.2) is 0 Å². The zero-order valence-corrected chi connectivity index (χ0v) is 19.4. The van der Waals surface area contributed by atoms with Crippen LogP contribution in [0, 0.1) is 0 Å². The maximum Gasteiger partial charge on any atom is 0.278 e. The lowest BCUT2D eigenvalue weighted by molar-refractivity contribution is -0.137. The number of nitrogens with one attached hydrogen (secondary N) is 1. The van der Waals surface area contributed by atoms with Gasteiger partial charge in [-0.2, -0.15) is 0 Å². The van der Waals surface area contributed by atoms with Gasteiger partial charge in [0.25, 0.3) is 11.8 Å². The minimum absolute atomic E-state index is 0.130. The Morgan fingerprint density at radius 3 is 2.09 bits per heavy atom. The fourth-order valence-electron chi connectivity index (χ4n) is 3.68. The zero-order valence-electron chi connectivity index (χ0n) is 19.4. The van der Waals surface area contributed by atoms with Crippen molar-refractivity contribution in [1.82, 2.24) is 4.90 Å². The molecule has 0 radical (unpaired) electrons. The van der Waals surface area contributed by atoms with Crippen molar-refractivity contribution in [3.8, 4) is 11.5 Å². The maximum atomic E-state index is 13.3. The minimum atomic E-state index is -0.376. The highest BCUT2D eigenvalue weighted by atomic mass is 16.5. The molecule has 3 aromatic rings. The molecule has 0 aliphatic carbocycles. The summed E-state index contributed by atoms with van der Waals surface area (Å²) in [6, 6.07) is 24.0. The van der Waals surface area contributed by atoms with E-state index in [0.717, 1.165) is 17.1 Å². The van der Waals surface area contributed by atoms with Crippen LogP contribution in [0.3, 0.4) is 0 Å². The minimum Gasteiger partial charge on any atom is -0.497 e. The third-order valence-corrected chi connectivity index (χ3v) is 5.53. The van der Waals surface area contributed by atoms with E-state index in [-0.39, 0.29) is 30.7 Å². The summed E-state index contributed by atoms with van der Waals surface area (Å²) in [6.07, 6.45) is 0. The average Bonchev–Trinajstić information content (AvgIpc) is 3.09. The van der Waals surface area contributed by atoms with Gasteiger partial charge in [0.15, 0.2) is 0 Å². The zero-order chi connectivity index (χ0) is 24.1. The SMILES string of the molecule is COc1ccc(OCCN2C(=O)C(Nc3ccc(N(C)C)cc3)=C(c3ccccc3)C2=O)cc1. The van der Waals surface area contributed by atoms with E-state index in [1.165, 1.54) is 4.90 Å². The molecule has 0 unspecified atom stereocenters. The fraction of sp³-hybridized carbons (Fsp3) is 0.185. The van der Waals surface area contributed by atoms with Crippen molar-refractivity contribution in [3.63, 3.8) is 0 Å². The van der Waals surface area contributed by atoms with Crippen LogP contribution in [0.4, 0.5) is 11.4 Å². The van der Waals surface area contributed by atoms with Gasteiger partial charge in [-0.3, -0.25) is 14.5 Å². The Morgan fingerprint density at radius 1 is 0.824 bits per heavy atom. The molecule has 7 heteroatoms. The van der Waals surface area contributed by atoms with Gasteiger partial charge in [-0.05, 0) is 54.1 Å². The standard InChI is InChI=1S/C27H27N3O4/c1-29(2)21-11-9-20(10-12-21)28-25-24(19-7-5-4-6-8-19)26(31)30(27(25)32)17-18-34-23-15-13-22(33-3)14-16-23/h4-16,28H,17-18H2,1-3H3. The van der Waals surface area contributed by atoms with E-state index >= 15 is 0 Å². The molecule has 4 rings (SSSR count). The number of anilines is 2. The third kappa shape index (κ3) is 4.88. The first kappa shape index (κ1) is 22.9. The predicted molar refractivity (Wildman–Crippen MR) is 133 cm³/mol. The average molecular weight is 458 g/mol. The smallest absolute Gasteiger partial charge is 0.278 e. The molecule has 1 N–H and O–H groups in total. The summed E-state index contributed by atoms with van der Waals surface area (Å²) in [4.78, 5) is 29.8. The van der Waals surface area contributed by atoms with Gasteiger partial charge in [-0.15, -0.1) is 0 Å².